The molecule has 4 nitrogen and oxygen atoms in total. The van der Waals surface area contributed by atoms with Gasteiger partial charge in [0.15, 0.2) is 0 Å². The molecule has 22 heavy (non-hydrogen) atoms. The van der Waals surface area contributed by atoms with E-state index >= 15 is 0 Å². The normalized spacial score (nSPS) is 20.5. The third-order valence-electron chi connectivity index (χ3n) is 3.81. The second-order valence-electron chi connectivity index (χ2n) is 6.00. The lowest BCUT2D eigenvalue weighted by molar-refractivity contribution is -0.685. The number of rotatable bonds is 3. The Hall–Kier alpha value is -1.36. The van der Waals surface area contributed by atoms with Gasteiger partial charge in [0, 0.05) is 11.6 Å². The quantitative estimate of drug-likeness (QED) is 0.874. The molecule has 0 aliphatic carbocycles. The molecule has 0 unspecified atom stereocenters. The Balaban J connectivity index is 2.09. The lowest BCUT2D eigenvalue weighted by atomic mass is 10.0. The van der Waals surface area contributed by atoms with Crippen molar-refractivity contribution in [2.75, 3.05) is 11.4 Å². The maximum atomic E-state index is 11.4. The SMILES string of the molecule is CC(C)CN1c2nccc[n+]2C[C@@]1(O)c1ccc(Cl)c(Cl)c1. The van der Waals surface area contributed by atoms with Crippen LogP contribution in [0.1, 0.15) is 19.4 Å². The average Bonchev–Trinajstić information content (AvgIpc) is 2.75. The molecule has 1 aromatic heterocycles. The molecule has 2 heterocycles. The lowest BCUT2D eigenvalue weighted by Crippen LogP contribution is -2.47. The number of nitrogens with zero attached hydrogens (tertiary/aromatic N) is 3. The van der Waals surface area contributed by atoms with Gasteiger partial charge in [0.05, 0.1) is 22.8 Å². The Kier molecular flexibility index (Phi) is 4.02. The third kappa shape index (κ3) is 2.56. The summed E-state index contributed by atoms with van der Waals surface area (Å²) < 4.78 is 1.95. The Bertz CT molecular complexity index is 708. The molecule has 0 amide bonds. The van der Waals surface area contributed by atoms with Crippen LogP contribution in [-0.4, -0.2) is 16.6 Å². The Labute approximate surface area is 139 Å². The second-order valence-corrected chi connectivity index (χ2v) is 6.81. The largest absolute Gasteiger partial charge is 0.396 e. The fraction of sp³-hybridized carbons (Fsp3) is 0.375. The van der Waals surface area contributed by atoms with Gasteiger partial charge >= 0.3 is 5.95 Å². The molecule has 0 radical (unpaired) electrons. The minimum absolute atomic E-state index is 0.378. The highest BCUT2D eigenvalue weighted by Gasteiger charge is 2.51. The van der Waals surface area contributed by atoms with Crippen LogP contribution in [0.3, 0.4) is 0 Å². The molecule has 1 N–H and O–H groups in total. The summed E-state index contributed by atoms with van der Waals surface area (Å²) in [6, 6.07) is 7.11. The highest BCUT2D eigenvalue weighted by atomic mass is 35.5. The molecule has 1 aliphatic heterocycles. The van der Waals surface area contributed by atoms with Crippen LogP contribution in [0.4, 0.5) is 5.95 Å². The predicted molar refractivity (Wildman–Crippen MR) is 87.0 cm³/mol. The zero-order valence-corrected chi connectivity index (χ0v) is 14.0. The smallest absolute Gasteiger partial charge is 0.353 e. The molecule has 2 aromatic rings. The van der Waals surface area contributed by atoms with Crippen LogP contribution in [0.5, 0.6) is 0 Å². The van der Waals surface area contributed by atoms with E-state index in [1.807, 2.05) is 27.8 Å². The molecule has 0 spiro atoms. The van der Waals surface area contributed by atoms with Gasteiger partial charge in [-0.2, -0.15) is 0 Å². The molecule has 6 heteroatoms. The van der Waals surface area contributed by atoms with Crippen molar-refractivity contribution in [3.05, 3.63) is 52.3 Å². The van der Waals surface area contributed by atoms with Gasteiger partial charge in [-0.3, -0.25) is 0 Å². The highest BCUT2D eigenvalue weighted by molar-refractivity contribution is 6.42. The summed E-state index contributed by atoms with van der Waals surface area (Å²) in [7, 11) is 0. The summed E-state index contributed by atoms with van der Waals surface area (Å²) in [5.41, 5.74) is -0.465. The molecule has 0 fully saturated rings. The first-order chi connectivity index (χ1) is 10.4. The molecular formula is C16H18Cl2N3O+. The summed E-state index contributed by atoms with van der Waals surface area (Å²) in [5, 5.41) is 12.3. The zero-order chi connectivity index (χ0) is 15.9. The molecule has 0 saturated carbocycles. The molecule has 0 saturated heterocycles. The molecule has 1 atom stereocenters. The van der Waals surface area contributed by atoms with Gasteiger partial charge in [0.2, 0.25) is 5.72 Å². The Morgan fingerprint density at radius 1 is 1.36 bits per heavy atom. The van der Waals surface area contributed by atoms with Gasteiger partial charge in [-0.15, -0.1) is 0 Å². The van der Waals surface area contributed by atoms with E-state index in [4.69, 9.17) is 23.2 Å². The number of hydrogen-bond acceptors (Lipinski definition) is 3. The minimum atomic E-state index is -1.18. The van der Waals surface area contributed by atoms with Crippen molar-refractivity contribution in [1.82, 2.24) is 4.98 Å². The molecular weight excluding hydrogens is 321 g/mol. The van der Waals surface area contributed by atoms with Gasteiger partial charge in [-0.05, 0) is 18.1 Å². The molecule has 3 rings (SSSR count). The van der Waals surface area contributed by atoms with Crippen molar-refractivity contribution in [3.63, 3.8) is 0 Å². The number of aromatic nitrogens is 2. The zero-order valence-electron chi connectivity index (χ0n) is 12.5. The molecule has 116 valence electrons. The van der Waals surface area contributed by atoms with Crippen LogP contribution in [0, 0.1) is 5.92 Å². The monoisotopic (exact) mass is 338 g/mol. The number of anilines is 1. The van der Waals surface area contributed by atoms with Crippen LogP contribution >= 0.6 is 23.2 Å². The average molecular weight is 339 g/mol. The van der Waals surface area contributed by atoms with E-state index in [9.17, 15) is 5.11 Å². The van der Waals surface area contributed by atoms with Crippen LogP contribution in [0.15, 0.2) is 36.7 Å². The minimum Gasteiger partial charge on any atom is -0.353 e. The standard InChI is InChI=1S/C16H18Cl2N3O/c1-11(2)9-21-15-19-6-3-7-20(15)10-16(21,22)12-4-5-13(17)14(18)8-12/h3-8,11,22H,9-10H2,1-2H3/q+1/t16-/m1/s1. The van der Waals surface area contributed by atoms with Crippen molar-refractivity contribution in [2.24, 2.45) is 5.92 Å². The van der Waals surface area contributed by atoms with Gasteiger partial charge in [-0.1, -0.05) is 48.1 Å². The summed E-state index contributed by atoms with van der Waals surface area (Å²) in [6.45, 7) is 5.32. The van der Waals surface area contributed by atoms with Crippen molar-refractivity contribution < 1.29 is 9.67 Å². The van der Waals surface area contributed by atoms with E-state index in [1.165, 1.54) is 0 Å². The predicted octanol–water partition coefficient (Wildman–Crippen LogP) is 3.00. The van der Waals surface area contributed by atoms with E-state index in [-0.39, 0.29) is 0 Å². The van der Waals surface area contributed by atoms with Gasteiger partial charge in [0.1, 0.15) is 12.7 Å². The first kappa shape index (κ1) is 15.5. The van der Waals surface area contributed by atoms with Gasteiger partial charge in [-0.25, -0.2) is 9.47 Å². The topological polar surface area (TPSA) is 40.2 Å². The second kappa shape index (κ2) is 5.69. The van der Waals surface area contributed by atoms with Crippen molar-refractivity contribution in [3.8, 4) is 0 Å². The number of fused-ring (bicyclic) bond motifs is 1. The summed E-state index contributed by atoms with van der Waals surface area (Å²) >= 11 is 12.1. The van der Waals surface area contributed by atoms with Crippen LogP contribution in [-0.2, 0) is 12.3 Å². The van der Waals surface area contributed by atoms with E-state index in [0.717, 1.165) is 5.95 Å². The van der Waals surface area contributed by atoms with E-state index < -0.39 is 5.72 Å². The van der Waals surface area contributed by atoms with Crippen molar-refractivity contribution in [2.45, 2.75) is 26.1 Å². The Morgan fingerprint density at radius 2 is 2.14 bits per heavy atom. The molecule has 0 bridgehead atoms. The summed E-state index contributed by atoms with van der Waals surface area (Å²) in [5.74, 6) is 1.13. The molecule has 1 aliphatic rings. The molecule has 1 aromatic carbocycles. The van der Waals surface area contributed by atoms with Gasteiger partial charge in [0.25, 0.3) is 0 Å². The van der Waals surface area contributed by atoms with Crippen LogP contribution in [0.25, 0.3) is 0 Å². The van der Waals surface area contributed by atoms with Crippen molar-refractivity contribution in [1.29, 1.82) is 0 Å². The van der Waals surface area contributed by atoms with E-state index in [1.54, 1.807) is 18.3 Å². The maximum absolute atomic E-state index is 11.4. The number of benzene rings is 1. The number of hydrogen-bond donors (Lipinski definition) is 1. The van der Waals surface area contributed by atoms with Crippen LogP contribution in [0.2, 0.25) is 10.0 Å². The van der Waals surface area contributed by atoms with E-state index in [2.05, 4.69) is 18.8 Å². The fourth-order valence-electron chi connectivity index (χ4n) is 2.82. The highest BCUT2D eigenvalue weighted by Crippen LogP contribution is 2.36. The third-order valence-corrected chi connectivity index (χ3v) is 4.55. The first-order valence-corrected chi connectivity index (χ1v) is 7.97. The number of aliphatic hydroxyl groups is 1. The van der Waals surface area contributed by atoms with E-state index in [0.29, 0.717) is 34.6 Å². The van der Waals surface area contributed by atoms with Crippen molar-refractivity contribution >= 4 is 29.2 Å². The fourth-order valence-corrected chi connectivity index (χ4v) is 3.12. The number of halogens is 2. The lowest BCUT2D eigenvalue weighted by Gasteiger charge is -2.29. The van der Waals surface area contributed by atoms with Crippen LogP contribution < -0.4 is 9.47 Å². The maximum Gasteiger partial charge on any atom is 0.396 e. The van der Waals surface area contributed by atoms with Gasteiger partial charge < -0.3 is 5.11 Å². The summed E-state index contributed by atoms with van der Waals surface area (Å²) in [6.07, 6.45) is 3.66. The Morgan fingerprint density at radius 3 is 2.82 bits per heavy atom. The summed E-state index contributed by atoms with van der Waals surface area (Å²) in [4.78, 5) is 6.35. The first-order valence-electron chi connectivity index (χ1n) is 7.22.